The Hall–Kier alpha value is -1.02. The van der Waals surface area contributed by atoms with Gasteiger partial charge in [-0.25, -0.2) is 0 Å². The van der Waals surface area contributed by atoms with E-state index < -0.39 is 0 Å². The number of unbranched alkanes of at least 4 members (excludes halogenated alkanes) is 1. The van der Waals surface area contributed by atoms with Crippen LogP contribution in [0, 0.1) is 0 Å². The first-order chi connectivity index (χ1) is 7.33. The van der Waals surface area contributed by atoms with Crippen LogP contribution in [0.2, 0.25) is 6.04 Å². The molecule has 0 radical (unpaired) electrons. The van der Waals surface area contributed by atoms with Gasteiger partial charge >= 0.3 is 0 Å². The van der Waals surface area contributed by atoms with Crippen molar-refractivity contribution in [3.8, 4) is 0 Å². The fourth-order valence-corrected chi connectivity index (χ4v) is 3.89. The van der Waals surface area contributed by atoms with Gasteiger partial charge in [0.25, 0.3) is 0 Å². The maximum absolute atomic E-state index is 3.91. The van der Waals surface area contributed by atoms with Crippen LogP contribution in [0.15, 0.2) is 24.8 Å². The van der Waals surface area contributed by atoms with Crippen LogP contribution in [0.5, 0.6) is 0 Å². The SMILES string of the molecule is C=Cc1c(NC)cccc1[SiH2]CCCC. The van der Waals surface area contributed by atoms with E-state index in [2.05, 4.69) is 37.0 Å². The van der Waals surface area contributed by atoms with Crippen molar-refractivity contribution in [1.29, 1.82) is 0 Å². The lowest BCUT2D eigenvalue weighted by Crippen LogP contribution is -2.18. The summed E-state index contributed by atoms with van der Waals surface area (Å²) in [5.74, 6) is 0. The summed E-state index contributed by atoms with van der Waals surface area (Å²) in [7, 11) is 1.87. The van der Waals surface area contributed by atoms with Gasteiger partial charge in [0.1, 0.15) is 0 Å². The van der Waals surface area contributed by atoms with Crippen LogP contribution < -0.4 is 10.5 Å². The van der Waals surface area contributed by atoms with E-state index in [1.165, 1.54) is 30.1 Å². The molecule has 0 fully saturated rings. The number of anilines is 1. The second kappa shape index (κ2) is 6.46. The van der Waals surface area contributed by atoms with Crippen LogP contribution in [0.4, 0.5) is 5.69 Å². The standard InChI is InChI=1S/C13H21NSi/c1-4-6-10-15-13-9-7-8-12(14-3)11(13)5-2/h5,7-9,14H,2,4,6,10,15H2,1,3H3. The van der Waals surface area contributed by atoms with E-state index >= 15 is 0 Å². The van der Waals surface area contributed by atoms with Gasteiger partial charge in [-0.15, -0.1) is 0 Å². The second-order valence-corrected chi connectivity index (χ2v) is 5.76. The molecule has 0 unspecified atom stereocenters. The zero-order valence-corrected chi connectivity index (χ0v) is 11.3. The summed E-state index contributed by atoms with van der Waals surface area (Å²) >= 11 is 0. The average molecular weight is 219 g/mol. The maximum Gasteiger partial charge on any atom is 0.0556 e. The van der Waals surface area contributed by atoms with Crippen LogP contribution in [0.3, 0.4) is 0 Å². The third-order valence-corrected chi connectivity index (χ3v) is 4.73. The molecule has 0 amide bonds. The van der Waals surface area contributed by atoms with Gasteiger partial charge in [0.05, 0.1) is 9.52 Å². The molecular formula is C13H21NSi. The summed E-state index contributed by atoms with van der Waals surface area (Å²) < 4.78 is 0. The highest BCUT2D eigenvalue weighted by Crippen LogP contribution is 2.13. The Morgan fingerprint density at radius 1 is 1.47 bits per heavy atom. The summed E-state index contributed by atoms with van der Waals surface area (Å²) in [6.45, 7) is 6.17. The van der Waals surface area contributed by atoms with E-state index in [4.69, 9.17) is 0 Å². The number of nitrogens with one attached hydrogen (secondary N) is 1. The lowest BCUT2D eigenvalue weighted by atomic mass is 10.2. The molecule has 1 nitrogen and oxygen atoms in total. The first kappa shape index (κ1) is 12.0. The molecule has 0 aliphatic carbocycles. The largest absolute Gasteiger partial charge is 0.388 e. The molecule has 1 aromatic rings. The summed E-state index contributed by atoms with van der Waals surface area (Å²) in [4.78, 5) is 0. The Balaban J connectivity index is 2.81. The lowest BCUT2D eigenvalue weighted by Gasteiger charge is -2.10. The van der Waals surface area contributed by atoms with E-state index in [0.29, 0.717) is 0 Å². The van der Waals surface area contributed by atoms with Gasteiger partial charge in [-0.05, 0) is 11.6 Å². The Morgan fingerprint density at radius 3 is 2.87 bits per heavy atom. The molecule has 0 aliphatic heterocycles. The van der Waals surface area contributed by atoms with Gasteiger partial charge in [0, 0.05) is 12.7 Å². The average Bonchev–Trinajstić information content (AvgIpc) is 2.29. The predicted molar refractivity (Wildman–Crippen MR) is 74.0 cm³/mol. The molecule has 0 aromatic heterocycles. The highest BCUT2D eigenvalue weighted by molar-refractivity contribution is 6.54. The summed E-state index contributed by atoms with van der Waals surface area (Å²) in [6.07, 6.45) is 4.66. The molecule has 2 heteroatoms. The first-order valence-corrected chi connectivity index (χ1v) is 7.46. The number of rotatable bonds is 6. The van der Waals surface area contributed by atoms with Gasteiger partial charge in [0.2, 0.25) is 0 Å². The van der Waals surface area contributed by atoms with Crippen molar-refractivity contribution in [2.75, 3.05) is 12.4 Å². The lowest BCUT2D eigenvalue weighted by molar-refractivity contribution is 0.881. The van der Waals surface area contributed by atoms with Gasteiger partial charge in [-0.1, -0.05) is 55.8 Å². The predicted octanol–water partition coefficient (Wildman–Crippen LogP) is 2.38. The number of hydrogen-bond acceptors (Lipinski definition) is 1. The summed E-state index contributed by atoms with van der Waals surface area (Å²) in [6, 6.07) is 7.94. The molecule has 0 spiro atoms. The zero-order chi connectivity index (χ0) is 11.1. The van der Waals surface area contributed by atoms with Crippen molar-refractivity contribution < 1.29 is 0 Å². The van der Waals surface area contributed by atoms with Crippen molar-refractivity contribution in [3.05, 3.63) is 30.3 Å². The molecule has 0 bridgehead atoms. The van der Waals surface area contributed by atoms with E-state index in [-0.39, 0.29) is 9.52 Å². The van der Waals surface area contributed by atoms with Crippen LogP contribution >= 0.6 is 0 Å². The Bertz CT molecular complexity index is 320. The van der Waals surface area contributed by atoms with Crippen molar-refractivity contribution in [2.45, 2.75) is 25.8 Å². The van der Waals surface area contributed by atoms with Crippen LogP contribution in [0.1, 0.15) is 25.3 Å². The Morgan fingerprint density at radius 2 is 2.27 bits per heavy atom. The highest BCUT2D eigenvalue weighted by atomic mass is 28.2. The maximum atomic E-state index is 3.91. The number of benzene rings is 1. The smallest absolute Gasteiger partial charge is 0.0556 e. The fourth-order valence-electron chi connectivity index (χ4n) is 1.86. The summed E-state index contributed by atoms with van der Waals surface area (Å²) in [5.41, 5.74) is 2.54. The van der Waals surface area contributed by atoms with Crippen LogP contribution in [-0.2, 0) is 0 Å². The van der Waals surface area contributed by atoms with Crippen molar-refractivity contribution >= 4 is 26.5 Å². The molecule has 0 saturated heterocycles. The topological polar surface area (TPSA) is 12.0 Å². The molecule has 82 valence electrons. The fraction of sp³-hybridized carbons (Fsp3) is 0.385. The quantitative estimate of drug-likeness (QED) is 0.572. The molecular weight excluding hydrogens is 198 g/mol. The van der Waals surface area contributed by atoms with Crippen LogP contribution in [0.25, 0.3) is 6.08 Å². The zero-order valence-electron chi connectivity index (χ0n) is 9.84. The molecule has 0 aliphatic rings. The minimum Gasteiger partial charge on any atom is -0.388 e. The van der Waals surface area contributed by atoms with E-state index in [1.54, 1.807) is 5.19 Å². The van der Waals surface area contributed by atoms with Crippen molar-refractivity contribution in [1.82, 2.24) is 0 Å². The molecule has 1 N–H and O–H groups in total. The Kier molecular flexibility index (Phi) is 5.19. The normalized spacial score (nSPS) is 10.8. The summed E-state index contributed by atoms with van der Waals surface area (Å²) in [5, 5.41) is 4.77. The number of hydrogen-bond donors (Lipinski definition) is 1. The van der Waals surface area contributed by atoms with Gasteiger partial charge in [-0.3, -0.25) is 0 Å². The molecule has 1 aromatic carbocycles. The first-order valence-electron chi connectivity index (χ1n) is 5.75. The van der Waals surface area contributed by atoms with Gasteiger partial charge in [0.15, 0.2) is 0 Å². The molecule has 0 heterocycles. The van der Waals surface area contributed by atoms with Gasteiger partial charge in [-0.2, -0.15) is 0 Å². The van der Waals surface area contributed by atoms with Crippen LogP contribution in [-0.4, -0.2) is 16.6 Å². The monoisotopic (exact) mass is 219 g/mol. The second-order valence-electron chi connectivity index (χ2n) is 3.79. The van der Waals surface area contributed by atoms with Gasteiger partial charge < -0.3 is 5.32 Å². The molecule has 0 saturated carbocycles. The van der Waals surface area contributed by atoms with E-state index in [1.807, 2.05) is 13.1 Å². The highest BCUT2D eigenvalue weighted by Gasteiger charge is 2.03. The minimum atomic E-state index is -0.104. The van der Waals surface area contributed by atoms with Crippen molar-refractivity contribution in [3.63, 3.8) is 0 Å². The minimum absolute atomic E-state index is 0.104. The molecule has 1 rings (SSSR count). The molecule has 0 atom stereocenters. The third kappa shape index (κ3) is 3.24. The van der Waals surface area contributed by atoms with E-state index in [9.17, 15) is 0 Å². The third-order valence-electron chi connectivity index (χ3n) is 2.72. The van der Waals surface area contributed by atoms with E-state index in [0.717, 1.165) is 0 Å². The van der Waals surface area contributed by atoms with Crippen molar-refractivity contribution in [2.24, 2.45) is 0 Å². The Labute approximate surface area is 95.4 Å². The molecule has 15 heavy (non-hydrogen) atoms.